The number of carbonyl (C=O) groups is 3. The monoisotopic (exact) mass is 416 g/mol. The van der Waals surface area contributed by atoms with Gasteiger partial charge in [0.05, 0.1) is 6.54 Å². The summed E-state index contributed by atoms with van der Waals surface area (Å²) in [5.41, 5.74) is 1.62. The van der Waals surface area contributed by atoms with Crippen LogP contribution in [0.15, 0.2) is 24.3 Å². The number of ether oxygens (including phenoxy) is 1. The third-order valence-corrected chi connectivity index (χ3v) is 5.33. The van der Waals surface area contributed by atoms with Crippen molar-refractivity contribution in [3.8, 4) is 0 Å². The molecule has 3 amide bonds. The third-order valence-electron chi connectivity index (χ3n) is 5.33. The summed E-state index contributed by atoms with van der Waals surface area (Å²) in [4.78, 5) is 43.0. The number of piperazine rings is 1. The summed E-state index contributed by atoms with van der Waals surface area (Å²) in [6.07, 6.45) is 0.297. The first kappa shape index (κ1) is 22.1. The van der Waals surface area contributed by atoms with Crippen LogP contribution in [0.5, 0.6) is 0 Å². The van der Waals surface area contributed by atoms with Gasteiger partial charge in [0.25, 0.3) is 0 Å². The van der Waals surface area contributed by atoms with Gasteiger partial charge in [-0.25, -0.2) is 4.79 Å². The van der Waals surface area contributed by atoms with E-state index in [1.54, 1.807) is 32.6 Å². The second-order valence-corrected chi connectivity index (χ2v) is 8.89. The highest BCUT2D eigenvalue weighted by Gasteiger charge is 2.30. The van der Waals surface area contributed by atoms with Crippen LogP contribution in [0, 0.1) is 0 Å². The Labute approximate surface area is 178 Å². The summed E-state index contributed by atoms with van der Waals surface area (Å²) in [7, 11) is 0. The van der Waals surface area contributed by atoms with Crippen molar-refractivity contribution in [2.24, 2.45) is 0 Å². The number of nitrogens with zero attached hydrogens (tertiary/aromatic N) is 3. The first-order valence-corrected chi connectivity index (χ1v) is 10.5. The Kier molecular flexibility index (Phi) is 6.65. The fourth-order valence-corrected chi connectivity index (χ4v) is 3.82. The van der Waals surface area contributed by atoms with Crippen LogP contribution in [-0.2, 0) is 20.7 Å². The summed E-state index contributed by atoms with van der Waals surface area (Å²) in [6, 6.07) is 7.37. The minimum absolute atomic E-state index is 0.0969. The van der Waals surface area contributed by atoms with Gasteiger partial charge < -0.3 is 19.9 Å². The topological polar surface area (TPSA) is 82.2 Å². The lowest BCUT2D eigenvalue weighted by atomic mass is 10.2. The maximum atomic E-state index is 12.8. The molecule has 3 rings (SSSR count). The molecule has 2 aliphatic rings. The van der Waals surface area contributed by atoms with Gasteiger partial charge in [-0.1, -0.05) is 18.2 Å². The molecule has 1 aromatic rings. The highest BCUT2D eigenvalue weighted by atomic mass is 16.6. The fraction of sp³-hybridized carbons (Fsp3) is 0.591. The molecule has 8 nitrogen and oxygen atoms in total. The first-order valence-electron chi connectivity index (χ1n) is 10.5. The molecule has 1 fully saturated rings. The van der Waals surface area contributed by atoms with Crippen molar-refractivity contribution in [3.63, 3.8) is 0 Å². The summed E-state index contributed by atoms with van der Waals surface area (Å²) in [6.45, 7) is 10.4. The van der Waals surface area contributed by atoms with Crippen LogP contribution in [0.1, 0.15) is 33.3 Å². The van der Waals surface area contributed by atoms with Crippen molar-refractivity contribution in [3.05, 3.63) is 29.8 Å². The number of carbonyl (C=O) groups excluding carboxylic acids is 3. The SMILES string of the molecule is CC(NC(=O)OC(C)(C)C)C(=O)N1CCN(CC(=O)N2CCc3ccccc32)CC1. The number of nitrogens with one attached hydrogen (secondary N) is 1. The van der Waals surface area contributed by atoms with E-state index in [1.165, 1.54) is 5.56 Å². The van der Waals surface area contributed by atoms with E-state index in [9.17, 15) is 14.4 Å². The first-order chi connectivity index (χ1) is 14.1. The van der Waals surface area contributed by atoms with Gasteiger partial charge in [0, 0.05) is 38.4 Å². The zero-order valence-electron chi connectivity index (χ0n) is 18.3. The minimum Gasteiger partial charge on any atom is -0.444 e. The van der Waals surface area contributed by atoms with Crippen molar-refractivity contribution in [2.45, 2.75) is 45.8 Å². The third kappa shape index (κ3) is 5.50. The van der Waals surface area contributed by atoms with Gasteiger partial charge in [-0.3, -0.25) is 14.5 Å². The molecule has 1 saturated heterocycles. The van der Waals surface area contributed by atoms with E-state index in [-0.39, 0.29) is 11.8 Å². The average Bonchev–Trinajstić information content (AvgIpc) is 3.10. The normalized spacial score (nSPS) is 18.0. The fourth-order valence-electron chi connectivity index (χ4n) is 3.82. The molecule has 0 spiro atoms. The minimum atomic E-state index is -0.658. The van der Waals surface area contributed by atoms with Gasteiger partial charge in [-0.15, -0.1) is 0 Å². The van der Waals surface area contributed by atoms with Crippen LogP contribution in [0.25, 0.3) is 0 Å². The number of anilines is 1. The van der Waals surface area contributed by atoms with Gasteiger partial charge in [0.15, 0.2) is 0 Å². The van der Waals surface area contributed by atoms with E-state index in [0.717, 1.165) is 18.7 Å². The Morgan fingerprint density at radius 2 is 1.73 bits per heavy atom. The smallest absolute Gasteiger partial charge is 0.408 e. The van der Waals surface area contributed by atoms with Crippen LogP contribution in [0.3, 0.4) is 0 Å². The van der Waals surface area contributed by atoms with E-state index in [2.05, 4.69) is 16.3 Å². The number of hydrogen-bond acceptors (Lipinski definition) is 5. The molecule has 0 aliphatic carbocycles. The number of hydrogen-bond donors (Lipinski definition) is 1. The van der Waals surface area contributed by atoms with Crippen LogP contribution < -0.4 is 10.2 Å². The van der Waals surface area contributed by atoms with Crippen molar-refractivity contribution < 1.29 is 19.1 Å². The molecule has 1 atom stereocenters. The van der Waals surface area contributed by atoms with Crippen molar-refractivity contribution in [2.75, 3.05) is 44.2 Å². The highest BCUT2D eigenvalue weighted by molar-refractivity contribution is 5.96. The molecule has 2 aliphatic heterocycles. The van der Waals surface area contributed by atoms with Crippen molar-refractivity contribution in [1.82, 2.24) is 15.1 Å². The van der Waals surface area contributed by atoms with E-state index in [0.29, 0.717) is 32.7 Å². The van der Waals surface area contributed by atoms with Gasteiger partial charge in [-0.05, 0) is 45.7 Å². The molecule has 1 N–H and O–H groups in total. The zero-order chi connectivity index (χ0) is 21.9. The number of rotatable bonds is 4. The molecule has 30 heavy (non-hydrogen) atoms. The van der Waals surface area contributed by atoms with Crippen LogP contribution >= 0.6 is 0 Å². The predicted molar refractivity (Wildman–Crippen MR) is 114 cm³/mol. The molecule has 1 unspecified atom stereocenters. The molecule has 0 aromatic heterocycles. The Morgan fingerprint density at radius 3 is 2.40 bits per heavy atom. The maximum absolute atomic E-state index is 12.8. The summed E-state index contributed by atoms with van der Waals surface area (Å²) in [5.74, 6) is -0.0417. The summed E-state index contributed by atoms with van der Waals surface area (Å²) in [5, 5.41) is 2.60. The van der Waals surface area contributed by atoms with Crippen LogP contribution in [0.4, 0.5) is 10.5 Å². The molecular formula is C22H32N4O4. The second kappa shape index (κ2) is 9.04. The van der Waals surface area contributed by atoms with Gasteiger partial charge in [-0.2, -0.15) is 0 Å². The molecule has 164 valence electrons. The van der Waals surface area contributed by atoms with Crippen molar-refractivity contribution >= 4 is 23.6 Å². The van der Waals surface area contributed by atoms with E-state index < -0.39 is 17.7 Å². The average molecular weight is 417 g/mol. The molecule has 0 radical (unpaired) electrons. The van der Waals surface area contributed by atoms with E-state index in [4.69, 9.17) is 4.74 Å². The lowest BCUT2D eigenvalue weighted by Crippen LogP contribution is -2.55. The highest BCUT2D eigenvalue weighted by Crippen LogP contribution is 2.27. The molecule has 8 heteroatoms. The van der Waals surface area contributed by atoms with Crippen molar-refractivity contribution in [1.29, 1.82) is 0 Å². The second-order valence-electron chi connectivity index (χ2n) is 8.89. The lowest BCUT2D eigenvalue weighted by molar-refractivity contribution is -0.135. The Hall–Kier alpha value is -2.61. The summed E-state index contributed by atoms with van der Waals surface area (Å²) < 4.78 is 5.21. The van der Waals surface area contributed by atoms with Gasteiger partial charge in [0.2, 0.25) is 11.8 Å². The number of amides is 3. The largest absolute Gasteiger partial charge is 0.444 e. The molecule has 2 heterocycles. The van der Waals surface area contributed by atoms with Gasteiger partial charge >= 0.3 is 6.09 Å². The standard InChI is InChI=1S/C22H32N4O4/c1-16(23-21(29)30-22(2,3)4)20(28)25-13-11-24(12-14-25)15-19(27)26-10-9-17-7-5-6-8-18(17)26/h5-8,16H,9-15H2,1-4H3,(H,23,29). The number of benzene rings is 1. The Morgan fingerprint density at radius 1 is 1.07 bits per heavy atom. The summed E-state index contributed by atoms with van der Waals surface area (Å²) >= 11 is 0. The van der Waals surface area contributed by atoms with Crippen LogP contribution in [0.2, 0.25) is 0 Å². The lowest BCUT2D eigenvalue weighted by Gasteiger charge is -2.36. The molecule has 1 aromatic carbocycles. The zero-order valence-corrected chi connectivity index (χ0v) is 18.3. The molecular weight excluding hydrogens is 384 g/mol. The number of para-hydroxylation sites is 1. The number of fused-ring (bicyclic) bond motifs is 1. The van der Waals surface area contributed by atoms with Gasteiger partial charge in [0.1, 0.15) is 11.6 Å². The number of alkyl carbamates (subject to hydrolysis) is 1. The van der Waals surface area contributed by atoms with E-state index >= 15 is 0 Å². The molecule has 0 saturated carbocycles. The van der Waals surface area contributed by atoms with Crippen LogP contribution in [-0.4, -0.2) is 78.6 Å². The Bertz CT molecular complexity index is 797. The predicted octanol–water partition coefficient (Wildman–Crippen LogP) is 1.63. The quantitative estimate of drug-likeness (QED) is 0.807. The van der Waals surface area contributed by atoms with E-state index in [1.807, 2.05) is 23.1 Å². The maximum Gasteiger partial charge on any atom is 0.408 e. The molecule has 0 bridgehead atoms. The Balaban J connectivity index is 1.45.